The Kier molecular flexibility index (Phi) is 6.84. The Bertz CT molecular complexity index is 701. The minimum Gasteiger partial charge on any atom is -0.444 e. The summed E-state index contributed by atoms with van der Waals surface area (Å²) in [5, 5.41) is 8.90. The van der Waals surface area contributed by atoms with Crippen molar-refractivity contribution in [1.82, 2.24) is 9.80 Å². The molecule has 1 aromatic rings. The summed E-state index contributed by atoms with van der Waals surface area (Å²) in [6.45, 7) is 9.61. The maximum absolute atomic E-state index is 13.0. The summed E-state index contributed by atoms with van der Waals surface area (Å²) in [6.07, 6.45) is 1.22. The first-order valence-electron chi connectivity index (χ1n) is 9.49. The summed E-state index contributed by atoms with van der Waals surface area (Å²) in [5.74, 6) is -0.139. The number of piperidine rings is 1. The minimum absolute atomic E-state index is 0.0649. The Morgan fingerprint density at radius 3 is 2.52 bits per heavy atom. The topological polar surface area (TPSA) is 73.6 Å². The number of carbonyl (C=O) groups is 2. The highest BCUT2D eigenvalue weighted by Crippen LogP contribution is 2.22. The van der Waals surface area contributed by atoms with Gasteiger partial charge in [-0.05, 0) is 58.2 Å². The summed E-state index contributed by atoms with van der Waals surface area (Å²) in [7, 11) is 0. The lowest BCUT2D eigenvalue weighted by atomic mass is 9.96. The molecule has 1 heterocycles. The molecule has 1 saturated heterocycles. The number of nitriles is 1. The fourth-order valence-electron chi connectivity index (χ4n) is 3.18. The van der Waals surface area contributed by atoms with Crippen LogP contribution in [0.5, 0.6) is 0 Å². The molecule has 1 atom stereocenters. The Labute approximate surface area is 161 Å². The van der Waals surface area contributed by atoms with Gasteiger partial charge >= 0.3 is 6.09 Å². The standard InChI is InChI=1S/C21H29N3O3/c1-5-23(14-17-10-8-16(13-22)9-11-17)19(25)18-7-6-12-24(15-18)20(26)27-21(2,3)4/h8-11,18H,5-7,12,14-15H2,1-4H3. The molecular formula is C21H29N3O3. The summed E-state index contributed by atoms with van der Waals surface area (Å²) in [6, 6.07) is 9.38. The second-order valence-electron chi connectivity index (χ2n) is 7.93. The summed E-state index contributed by atoms with van der Waals surface area (Å²) in [5.41, 5.74) is 1.05. The number of carbonyl (C=O) groups excluding carboxylic acids is 2. The van der Waals surface area contributed by atoms with Crippen LogP contribution in [0.25, 0.3) is 0 Å². The first-order valence-corrected chi connectivity index (χ1v) is 9.49. The van der Waals surface area contributed by atoms with E-state index in [0.29, 0.717) is 31.7 Å². The molecule has 1 aromatic carbocycles. The van der Waals surface area contributed by atoms with Gasteiger partial charge in [0, 0.05) is 26.2 Å². The van der Waals surface area contributed by atoms with Crippen molar-refractivity contribution in [2.75, 3.05) is 19.6 Å². The van der Waals surface area contributed by atoms with Crippen molar-refractivity contribution in [3.8, 4) is 6.07 Å². The predicted molar refractivity (Wildman–Crippen MR) is 103 cm³/mol. The van der Waals surface area contributed by atoms with E-state index >= 15 is 0 Å². The molecule has 0 bridgehead atoms. The van der Waals surface area contributed by atoms with Gasteiger partial charge in [0.15, 0.2) is 0 Å². The highest BCUT2D eigenvalue weighted by atomic mass is 16.6. The molecule has 146 valence electrons. The van der Waals surface area contributed by atoms with Crippen molar-refractivity contribution in [2.24, 2.45) is 5.92 Å². The third kappa shape index (κ3) is 5.99. The molecule has 2 rings (SSSR count). The van der Waals surface area contributed by atoms with E-state index in [4.69, 9.17) is 10.00 Å². The molecule has 0 spiro atoms. The largest absolute Gasteiger partial charge is 0.444 e. The third-order valence-corrected chi connectivity index (χ3v) is 4.57. The number of nitrogens with zero attached hydrogens (tertiary/aromatic N) is 3. The summed E-state index contributed by atoms with van der Waals surface area (Å²) >= 11 is 0. The van der Waals surface area contributed by atoms with Crippen molar-refractivity contribution < 1.29 is 14.3 Å². The molecule has 6 nitrogen and oxygen atoms in total. The summed E-state index contributed by atoms with van der Waals surface area (Å²) in [4.78, 5) is 28.8. The number of likely N-dealkylation sites (tertiary alicyclic amines) is 1. The zero-order chi connectivity index (χ0) is 20.0. The average molecular weight is 371 g/mol. The van der Waals surface area contributed by atoms with E-state index in [2.05, 4.69) is 6.07 Å². The van der Waals surface area contributed by atoms with Crippen LogP contribution in [0.15, 0.2) is 24.3 Å². The van der Waals surface area contributed by atoms with Crippen LogP contribution >= 0.6 is 0 Å². The van der Waals surface area contributed by atoms with Crippen LogP contribution < -0.4 is 0 Å². The second kappa shape index (κ2) is 8.90. The molecule has 2 amide bonds. The Morgan fingerprint density at radius 1 is 1.30 bits per heavy atom. The second-order valence-corrected chi connectivity index (χ2v) is 7.93. The Balaban J connectivity index is 2.00. The maximum atomic E-state index is 13.0. The fraction of sp³-hybridized carbons (Fsp3) is 0.571. The summed E-state index contributed by atoms with van der Waals surface area (Å²) < 4.78 is 5.45. The molecule has 0 N–H and O–H groups in total. The fourth-order valence-corrected chi connectivity index (χ4v) is 3.18. The van der Waals surface area contributed by atoms with Crippen LogP contribution in [-0.4, -0.2) is 47.0 Å². The average Bonchev–Trinajstić information content (AvgIpc) is 2.64. The minimum atomic E-state index is -0.543. The van der Waals surface area contributed by atoms with Gasteiger partial charge in [0.05, 0.1) is 17.6 Å². The van der Waals surface area contributed by atoms with Gasteiger partial charge in [0.1, 0.15) is 5.60 Å². The van der Waals surface area contributed by atoms with E-state index < -0.39 is 5.60 Å². The van der Waals surface area contributed by atoms with E-state index in [0.717, 1.165) is 18.4 Å². The Hall–Kier alpha value is -2.55. The molecule has 0 saturated carbocycles. The van der Waals surface area contributed by atoms with E-state index in [1.165, 1.54) is 0 Å². The molecule has 1 aliphatic heterocycles. The van der Waals surface area contributed by atoms with E-state index in [-0.39, 0.29) is 17.9 Å². The van der Waals surface area contributed by atoms with Gasteiger partial charge in [-0.1, -0.05) is 12.1 Å². The Morgan fingerprint density at radius 2 is 1.96 bits per heavy atom. The monoisotopic (exact) mass is 371 g/mol. The molecule has 0 aliphatic carbocycles. The molecule has 1 aliphatic rings. The lowest BCUT2D eigenvalue weighted by Gasteiger charge is -2.35. The smallest absolute Gasteiger partial charge is 0.410 e. The molecule has 0 aromatic heterocycles. The van der Waals surface area contributed by atoms with Crippen molar-refractivity contribution in [2.45, 2.75) is 52.7 Å². The third-order valence-electron chi connectivity index (χ3n) is 4.57. The SMILES string of the molecule is CCN(Cc1ccc(C#N)cc1)C(=O)C1CCCN(C(=O)OC(C)(C)C)C1. The molecule has 27 heavy (non-hydrogen) atoms. The molecule has 1 fully saturated rings. The van der Waals surface area contributed by atoms with Gasteiger partial charge in [0.25, 0.3) is 0 Å². The van der Waals surface area contributed by atoms with Crippen LogP contribution in [0.2, 0.25) is 0 Å². The van der Waals surface area contributed by atoms with Crippen LogP contribution in [0.3, 0.4) is 0 Å². The van der Waals surface area contributed by atoms with Crippen molar-refractivity contribution >= 4 is 12.0 Å². The van der Waals surface area contributed by atoms with Gasteiger partial charge in [-0.3, -0.25) is 4.79 Å². The highest BCUT2D eigenvalue weighted by molar-refractivity contribution is 5.80. The number of hydrogen-bond donors (Lipinski definition) is 0. The van der Waals surface area contributed by atoms with Gasteiger partial charge < -0.3 is 14.5 Å². The van der Waals surface area contributed by atoms with E-state index in [1.807, 2.05) is 44.7 Å². The number of amides is 2. The lowest BCUT2D eigenvalue weighted by molar-refractivity contribution is -0.137. The molecule has 6 heteroatoms. The first-order chi connectivity index (χ1) is 12.7. The van der Waals surface area contributed by atoms with Crippen molar-refractivity contribution in [3.63, 3.8) is 0 Å². The highest BCUT2D eigenvalue weighted by Gasteiger charge is 2.32. The van der Waals surface area contributed by atoms with Gasteiger partial charge in [0.2, 0.25) is 5.91 Å². The molecule has 1 unspecified atom stereocenters. The number of rotatable bonds is 4. The zero-order valence-electron chi connectivity index (χ0n) is 16.7. The first kappa shape index (κ1) is 20.8. The van der Waals surface area contributed by atoms with Gasteiger partial charge in [-0.2, -0.15) is 5.26 Å². The maximum Gasteiger partial charge on any atom is 0.410 e. The number of hydrogen-bond acceptors (Lipinski definition) is 4. The van der Waals surface area contributed by atoms with Crippen LogP contribution in [-0.2, 0) is 16.1 Å². The van der Waals surface area contributed by atoms with Gasteiger partial charge in [-0.15, -0.1) is 0 Å². The number of benzene rings is 1. The molecular weight excluding hydrogens is 342 g/mol. The quantitative estimate of drug-likeness (QED) is 0.811. The lowest BCUT2D eigenvalue weighted by Crippen LogP contribution is -2.47. The van der Waals surface area contributed by atoms with Gasteiger partial charge in [-0.25, -0.2) is 4.79 Å². The molecule has 0 radical (unpaired) electrons. The normalized spacial score (nSPS) is 17.1. The van der Waals surface area contributed by atoms with Crippen molar-refractivity contribution in [3.05, 3.63) is 35.4 Å². The van der Waals surface area contributed by atoms with Crippen LogP contribution in [0, 0.1) is 17.2 Å². The predicted octanol–water partition coefficient (Wildman–Crippen LogP) is 3.55. The van der Waals surface area contributed by atoms with E-state index in [1.54, 1.807) is 17.0 Å². The van der Waals surface area contributed by atoms with E-state index in [9.17, 15) is 9.59 Å². The van der Waals surface area contributed by atoms with Crippen LogP contribution in [0.1, 0.15) is 51.7 Å². The zero-order valence-corrected chi connectivity index (χ0v) is 16.7. The number of ether oxygens (including phenoxy) is 1. The van der Waals surface area contributed by atoms with Crippen LogP contribution in [0.4, 0.5) is 4.79 Å². The van der Waals surface area contributed by atoms with Crippen molar-refractivity contribution in [1.29, 1.82) is 5.26 Å².